The minimum absolute atomic E-state index is 0.151. The van der Waals surface area contributed by atoms with E-state index in [0.717, 1.165) is 39.0 Å². The summed E-state index contributed by atoms with van der Waals surface area (Å²) in [5.41, 5.74) is 20.6. The predicted molar refractivity (Wildman–Crippen MR) is 234 cm³/mol. The molecular formula is C54H41NO. The Hall–Kier alpha value is -6.64. The van der Waals surface area contributed by atoms with E-state index in [0.29, 0.717) is 0 Å². The van der Waals surface area contributed by atoms with Crippen LogP contribution in [-0.4, -0.2) is 0 Å². The number of hydrogen-bond donors (Lipinski definition) is 0. The van der Waals surface area contributed by atoms with E-state index in [2.05, 4.69) is 196 Å². The van der Waals surface area contributed by atoms with Crippen molar-refractivity contribution in [3.63, 3.8) is 0 Å². The fourth-order valence-electron chi connectivity index (χ4n) is 9.65. The van der Waals surface area contributed by atoms with Crippen molar-refractivity contribution in [2.24, 2.45) is 0 Å². The molecule has 2 aliphatic carbocycles. The van der Waals surface area contributed by atoms with Crippen molar-refractivity contribution in [2.75, 3.05) is 4.90 Å². The number of rotatable bonds is 5. The summed E-state index contributed by atoms with van der Waals surface area (Å²) in [5, 5.41) is 2.31. The average molecular weight is 720 g/mol. The highest BCUT2D eigenvalue weighted by Gasteiger charge is 2.38. The number of fused-ring (bicyclic) bond motifs is 9. The lowest BCUT2D eigenvalue weighted by atomic mass is 9.81. The second-order valence-corrected chi connectivity index (χ2v) is 16.6. The van der Waals surface area contributed by atoms with Crippen LogP contribution >= 0.6 is 0 Å². The minimum atomic E-state index is -0.194. The van der Waals surface area contributed by atoms with Crippen LogP contribution in [0.3, 0.4) is 0 Å². The van der Waals surface area contributed by atoms with E-state index >= 15 is 0 Å². The number of nitrogens with zero attached hydrogens (tertiary/aromatic N) is 1. The first-order chi connectivity index (χ1) is 27.3. The maximum Gasteiger partial charge on any atom is 0.136 e. The predicted octanol–water partition coefficient (Wildman–Crippen LogP) is 15.0. The second kappa shape index (κ2) is 11.9. The van der Waals surface area contributed by atoms with Crippen molar-refractivity contribution in [2.45, 2.75) is 38.5 Å². The number of para-hydroxylation sites is 2. The summed E-state index contributed by atoms with van der Waals surface area (Å²) in [6, 6.07) is 64.6. The Morgan fingerprint density at radius 1 is 0.339 bits per heavy atom. The van der Waals surface area contributed by atoms with Gasteiger partial charge in [0.05, 0.1) is 0 Å². The molecule has 0 N–H and O–H groups in total. The molecule has 0 radical (unpaired) electrons. The molecule has 0 atom stereocenters. The topological polar surface area (TPSA) is 16.4 Å². The fraction of sp³-hybridized carbons (Fsp3) is 0.111. The molecule has 2 heteroatoms. The van der Waals surface area contributed by atoms with Gasteiger partial charge in [-0.15, -0.1) is 0 Å². The van der Waals surface area contributed by atoms with Crippen LogP contribution in [0.4, 0.5) is 17.1 Å². The summed E-state index contributed by atoms with van der Waals surface area (Å²) >= 11 is 0. The standard InChI is InChI=1S/C54H41NO/c1-53(2)47-29-35(34-13-7-5-8-14-34)19-24-41(47)43-27-22-39(32-49(43)53)55(38-15-9-6-10-16-38)40-23-28-44-42-25-20-36(30-48(42)54(3,4)50(44)33-40)37-21-26-46-45-17-11-12-18-51(45)56-52(46)31-37/h5-33H,1-4H3. The molecule has 268 valence electrons. The van der Waals surface area contributed by atoms with E-state index in [1.54, 1.807) is 0 Å². The lowest BCUT2D eigenvalue weighted by Gasteiger charge is -2.29. The first-order valence-corrected chi connectivity index (χ1v) is 19.7. The van der Waals surface area contributed by atoms with Gasteiger partial charge in [-0.1, -0.05) is 137 Å². The van der Waals surface area contributed by atoms with E-state index in [1.165, 1.54) is 66.8 Å². The van der Waals surface area contributed by atoms with E-state index in [4.69, 9.17) is 4.42 Å². The normalized spacial score (nSPS) is 14.4. The van der Waals surface area contributed by atoms with E-state index in [-0.39, 0.29) is 10.8 Å². The molecule has 0 aliphatic heterocycles. The average Bonchev–Trinajstić information content (AvgIpc) is 3.80. The molecule has 0 unspecified atom stereocenters. The molecule has 0 amide bonds. The van der Waals surface area contributed by atoms with Crippen LogP contribution in [0.2, 0.25) is 0 Å². The summed E-state index contributed by atoms with van der Waals surface area (Å²) in [5.74, 6) is 0. The number of furan rings is 1. The molecule has 2 aliphatic rings. The molecule has 2 nitrogen and oxygen atoms in total. The largest absolute Gasteiger partial charge is 0.456 e. The van der Waals surface area contributed by atoms with Gasteiger partial charge < -0.3 is 9.32 Å². The Bertz CT molecular complexity index is 3020. The molecular weight excluding hydrogens is 679 g/mol. The summed E-state index contributed by atoms with van der Waals surface area (Å²) in [7, 11) is 0. The molecule has 9 aromatic rings. The van der Waals surface area contributed by atoms with Gasteiger partial charge in [-0.3, -0.25) is 0 Å². The van der Waals surface area contributed by atoms with Gasteiger partial charge in [-0.25, -0.2) is 0 Å². The van der Waals surface area contributed by atoms with Gasteiger partial charge in [0.15, 0.2) is 0 Å². The first kappa shape index (κ1) is 32.8. The van der Waals surface area contributed by atoms with E-state index < -0.39 is 0 Å². The third-order valence-electron chi connectivity index (χ3n) is 12.7. The molecule has 0 fully saturated rings. The zero-order valence-electron chi connectivity index (χ0n) is 32.1. The van der Waals surface area contributed by atoms with Crippen molar-refractivity contribution >= 4 is 39.0 Å². The third-order valence-corrected chi connectivity index (χ3v) is 12.7. The molecule has 11 rings (SSSR count). The van der Waals surface area contributed by atoms with Gasteiger partial charge in [0, 0.05) is 38.7 Å². The van der Waals surface area contributed by atoms with Crippen LogP contribution < -0.4 is 4.90 Å². The zero-order chi connectivity index (χ0) is 37.8. The first-order valence-electron chi connectivity index (χ1n) is 19.7. The van der Waals surface area contributed by atoms with E-state index in [1.807, 2.05) is 12.1 Å². The van der Waals surface area contributed by atoms with Crippen LogP contribution in [0.5, 0.6) is 0 Å². The summed E-state index contributed by atoms with van der Waals surface area (Å²) in [6.45, 7) is 9.50. The summed E-state index contributed by atoms with van der Waals surface area (Å²) < 4.78 is 6.28. The van der Waals surface area contributed by atoms with Gasteiger partial charge in [0.2, 0.25) is 0 Å². The smallest absolute Gasteiger partial charge is 0.136 e. The zero-order valence-corrected chi connectivity index (χ0v) is 32.1. The Kier molecular flexibility index (Phi) is 6.98. The number of benzene rings is 8. The van der Waals surface area contributed by atoms with Crippen molar-refractivity contribution in [3.05, 3.63) is 198 Å². The maximum atomic E-state index is 6.28. The molecule has 1 heterocycles. The Morgan fingerprint density at radius 3 is 1.39 bits per heavy atom. The van der Waals surface area contributed by atoms with Gasteiger partial charge in [0.25, 0.3) is 0 Å². The second-order valence-electron chi connectivity index (χ2n) is 16.6. The van der Waals surface area contributed by atoms with Gasteiger partial charge in [-0.05, 0) is 133 Å². The monoisotopic (exact) mass is 719 g/mol. The molecule has 0 saturated carbocycles. The van der Waals surface area contributed by atoms with Crippen LogP contribution in [0.25, 0.3) is 66.4 Å². The van der Waals surface area contributed by atoms with Crippen LogP contribution in [0.1, 0.15) is 49.9 Å². The maximum absolute atomic E-state index is 6.28. The molecule has 8 aromatic carbocycles. The Labute approximate surface area is 328 Å². The van der Waals surface area contributed by atoms with Crippen LogP contribution in [0.15, 0.2) is 180 Å². The highest BCUT2D eigenvalue weighted by molar-refractivity contribution is 6.06. The molecule has 0 bridgehead atoms. The van der Waals surface area contributed by atoms with E-state index in [9.17, 15) is 0 Å². The van der Waals surface area contributed by atoms with Gasteiger partial charge >= 0.3 is 0 Å². The summed E-state index contributed by atoms with van der Waals surface area (Å²) in [6.07, 6.45) is 0. The quantitative estimate of drug-likeness (QED) is 0.176. The lowest BCUT2D eigenvalue weighted by molar-refractivity contribution is 0.660. The Balaban J connectivity index is 0.983. The van der Waals surface area contributed by atoms with Gasteiger partial charge in [-0.2, -0.15) is 0 Å². The molecule has 56 heavy (non-hydrogen) atoms. The van der Waals surface area contributed by atoms with Crippen molar-refractivity contribution in [1.82, 2.24) is 0 Å². The molecule has 0 spiro atoms. The summed E-state index contributed by atoms with van der Waals surface area (Å²) in [4.78, 5) is 2.43. The highest BCUT2D eigenvalue weighted by Crippen LogP contribution is 2.54. The molecule has 0 saturated heterocycles. The lowest BCUT2D eigenvalue weighted by Crippen LogP contribution is -2.18. The highest BCUT2D eigenvalue weighted by atomic mass is 16.3. The third kappa shape index (κ3) is 4.82. The van der Waals surface area contributed by atoms with Crippen LogP contribution in [0, 0.1) is 0 Å². The number of anilines is 3. The Morgan fingerprint density at radius 2 is 0.786 bits per heavy atom. The van der Waals surface area contributed by atoms with Crippen LogP contribution in [-0.2, 0) is 10.8 Å². The SMILES string of the molecule is CC1(C)c2cc(-c3ccccc3)ccc2-c2ccc(N(c3ccccc3)c3ccc4c(c3)C(C)(C)c3cc(-c5ccc6c(c5)oc5ccccc56)ccc3-4)cc21. The molecule has 1 aromatic heterocycles. The fourth-order valence-corrected chi connectivity index (χ4v) is 9.65. The number of hydrogen-bond acceptors (Lipinski definition) is 2. The van der Waals surface area contributed by atoms with Crippen molar-refractivity contribution in [1.29, 1.82) is 0 Å². The van der Waals surface area contributed by atoms with Gasteiger partial charge in [0.1, 0.15) is 11.2 Å². The minimum Gasteiger partial charge on any atom is -0.456 e. The van der Waals surface area contributed by atoms with Crippen molar-refractivity contribution < 1.29 is 4.42 Å². The van der Waals surface area contributed by atoms with Crippen molar-refractivity contribution in [3.8, 4) is 44.5 Å².